The van der Waals surface area contributed by atoms with Gasteiger partial charge in [0.15, 0.2) is 0 Å². The molecule has 0 aliphatic rings. The van der Waals surface area contributed by atoms with Crippen molar-refractivity contribution in [2.45, 2.75) is 32.3 Å². The van der Waals surface area contributed by atoms with E-state index in [-0.39, 0.29) is 11.5 Å². The Labute approximate surface area is 170 Å². The summed E-state index contributed by atoms with van der Waals surface area (Å²) >= 11 is 0. The molecule has 0 saturated heterocycles. The third kappa shape index (κ3) is 5.65. The fourth-order valence-electron chi connectivity index (χ4n) is 3.33. The number of rotatable bonds is 8. The van der Waals surface area contributed by atoms with Crippen molar-refractivity contribution in [1.82, 2.24) is 9.97 Å². The smallest absolute Gasteiger partial charge is 0.325 e. The molecule has 5 nitrogen and oxygen atoms in total. The number of hydrogen-bond acceptors (Lipinski definition) is 3. The third-order valence-electron chi connectivity index (χ3n) is 4.68. The Hall–Kier alpha value is -3.18. The molecule has 2 aromatic carbocycles. The van der Waals surface area contributed by atoms with Crippen LogP contribution in [0.25, 0.3) is 6.08 Å². The summed E-state index contributed by atoms with van der Waals surface area (Å²) in [6, 6.07) is 19.9. The van der Waals surface area contributed by atoms with Gasteiger partial charge in [-0.2, -0.15) is 0 Å². The van der Waals surface area contributed by atoms with Crippen molar-refractivity contribution in [3.05, 3.63) is 110 Å². The Balaban J connectivity index is 1.88. The molecule has 0 saturated carbocycles. The third-order valence-corrected chi connectivity index (χ3v) is 4.68. The lowest BCUT2D eigenvalue weighted by atomic mass is 9.96. The molecule has 0 fully saturated rings. The topological polar surface area (TPSA) is 75.0 Å². The number of hydrogen-bond donors (Lipinski definition) is 2. The SMILES string of the molecule is CC(C)c1c(C(Cc2ccccc2)OC/C=C/c2ccccc2)[nH]c(=O)[nH]c1=O. The predicted octanol–water partition coefficient (Wildman–Crippen LogP) is 4.20. The molecule has 0 amide bonds. The van der Waals surface area contributed by atoms with Gasteiger partial charge in [0, 0.05) is 12.0 Å². The summed E-state index contributed by atoms with van der Waals surface area (Å²) < 4.78 is 6.14. The van der Waals surface area contributed by atoms with Gasteiger partial charge in [0.25, 0.3) is 5.56 Å². The minimum atomic E-state index is -0.518. The van der Waals surface area contributed by atoms with E-state index in [0.29, 0.717) is 24.3 Å². The van der Waals surface area contributed by atoms with Crippen LogP contribution in [0.2, 0.25) is 0 Å². The van der Waals surface area contributed by atoms with Gasteiger partial charge in [-0.1, -0.05) is 86.7 Å². The highest BCUT2D eigenvalue weighted by molar-refractivity contribution is 5.48. The Morgan fingerprint density at radius 2 is 1.59 bits per heavy atom. The highest BCUT2D eigenvalue weighted by atomic mass is 16.5. The van der Waals surface area contributed by atoms with Gasteiger partial charge in [0.05, 0.1) is 12.3 Å². The van der Waals surface area contributed by atoms with Crippen molar-refractivity contribution < 1.29 is 4.74 Å². The molecule has 0 aliphatic carbocycles. The van der Waals surface area contributed by atoms with Crippen LogP contribution < -0.4 is 11.2 Å². The van der Waals surface area contributed by atoms with Gasteiger partial charge in [-0.15, -0.1) is 0 Å². The lowest BCUT2D eigenvalue weighted by molar-refractivity contribution is 0.0701. The second-order valence-electron chi connectivity index (χ2n) is 7.22. The molecule has 1 atom stereocenters. The average molecular weight is 390 g/mol. The maximum absolute atomic E-state index is 12.4. The highest BCUT2D eigenvalue weighted by Crippen LogP contribution is 2.25. The van der Waals surface area contributed by atoms with E-state index in [2.05, 4.69) is 9.97 Å². The van der Waals surface area contributed by atoms with Crippen molar-refractivity contribution in [2.24, 2.45) is 0 Å². The van der Waals surface area contributed by atoms with Crippen LogP contribution >= 0.6 is 0 Å². The zero-order chi connectivity index (χ0) is 20.6. The second kappa shape index (κ2) is 9.85. The number of ether oxygens (including phenoxy) is 1. The minimum absolute atomic E-state index is 0.0488. The molecule has 150 valence electrons. The van der Waals surface area contributed by atoms with Gasteiger partial charge in [0.1, 0.15) is 6.10 Å². The van der Waals surface area contributed by atoms with Crippen LogP contribution in [-0.2, 0) is 11.2 Å². The first-order valence-electron chi connectivity index (χ1n) is 9.78. The molecule has 0 bridgehead atoms. The van der Waals surface area contributed by atoms with Crippen LogP contribution in [0.15, 0.2) is 76.3 Å². The summed E-state index contributed by atoms with van der Waals surface area (Å²) in [7, 11) is 0. The summed E-state index contributed by atoms with van der Waals surface area (Å²) in [6.45, 7) is 4.22. The van der Waals surface area contributed by atoms with Gasteiger partial charge in [-0.25, -0.2) is 4.79 Å². The lowest BCUT2D eigenvalue weighted by Crippen LogP contribution is -2.31. The largest absolute Gasteiger partial charge is 0.368 e. The van der Waals surface area contributed by atoms with Crippen LogP contribution in [0.5, 0.6) is 0 Å². The van der Waals surface area contributed by atoms with E-state index < -0.39 is 11.8 Å². The average Bonchev–Trinajstić information content (AvgIpc) is 2.71. The van der Waals surface area contributed by atoms with Gasteiger partial charge in [-0.3, -0.25) is 9.78 Å². The molecule has 29 heavy (non-hydrogen) atoms. The van der Waals surface area contributed by atoms with Gasteiger partial charge >= 0.3 is 5.69 Å². The van der Waals surface area contributed by atoms with E-state index in [1.807, 2.05) is 86.7 Å². The van der Waals surface area contributed by atoms with E-state index in [4.69, 9.17) is 4.74 Å². The van der Waals surface area contributed by atoms with Crippen molar-refractivity contribution in [3.8, 4) is 0 Å². The molecule has 0 spiro atoms. The van der Waals surface area contributed by atoms with Gasteiger partial charge in [0.2, 0.25) is 0 Å². The monoisotopic (exact) mass is 390 g/mol. The summed E-state index contributed by atoms with van der Waals surface area (Å²) in [6.07, 6.45) is 4.04. The van der Waals surface area contributed by atoms with Crippen LogP contribution in [0.4, 0.5) is 0 Å². The van der Waals surface area contributed by atoms with Crippen molar-refractivity contribution in [1.29, 1.82) is 0 Å². The molecule has 2 N–H and O–H groups in total. The number of benzene rings is 2. The normalized spacial score (nSPS) is 12.5. The molecule has 3 rings (SSSR count). The van der Waals surface area contributed by atoms with E-state index in [9.17, 15) is 9.59 Å². The molecular weight excluding hydrogens is 364 g/mol. The molecule has 5 heteroatoms. The Bertz CT molecular complexity index is 1050. The summed E-state index contributed by atoms with van der Waals surface area (Å²) in [5, 5.41) is 0. The fourth-order valence-corrected chi connectivity index (χ4v) is 3.33. The minimum Gasteiger partial charge on any atom is -0.368 e. The second-order valence-corrected chi connectivity index (χ2v) is 7.22. The van der Waals surface area contributed by atoms with E-state index >= 15 is 0 Å². The van der Waals surface area contributed by atoms with E-state index in [1.54, 1.807) is 0 Å². The van der Waals surface area contributed by atoms with E-state index in [1.165, 1.54) is 0 Å². The number of aromatic amines is 2. The summed E-state index contributed by atoms with van der Waals surface area (Å²) in [4.78, 5) is 29.6. The molecule has 3 aromatic rings. The van der Waals surface area contributed by atoms with E-state index in [0.717, 1.165) is 11.1 Å². The first kappa shape index (κ1) is 20.6. The maximum atomic E-state index is 12.4. The highest BCUT2D eigenvalue weighted by Gasteiger charge is 2.22. The van der Waals surface area contributed by atoms with Crippen molar-refractivity contribution >= 4 is 6.08 Å². The molecule has 1 heterocycles. The zero-order valence-electron chi connectivity index (χ0n) is 16.7. The molecule has 1 unspecified atom stereocenters. The molecular formula is C24H26N2O3. The number of aromatic nitrogens is 2. The number of nitrogens with one attached hydrogen (secondary N) is 2. The first-order chi connectivity index (χ1) is 14.0. The lowest BCUT2D eigenvalue weighted by Gasteiger charge is -2.21. The molecule has 0 radical (unpaired) electrons. The van der Waals surface area contributed by atoms with Crippen LogP contribution in [0.3, 0.4) is 0 Å². The van der Waals surface area contributed by atoms with Crippen LogP contribution in [0, 0.1) is 0 Å². The van der Waals surface area contributed by atoms with Gasteiger partial charge in [-0.05, 0) is 17.0 Å². The summed E-state index contributed by atoms with van der Waals surface area (Å²) in [5.74, 6) is -0.0488. The quantitative estimate of drug-likeness (QED) is 0.605. The maximum Gasteiger partial charge on any atom is 0.325 e. The predicted molar refractivity (Wildman–Crippen MR) is 116 cm³/mol. The number of H-pyrrole nitrogens is 2. The summed E-state index contributed by atoms with van der Waals surface area (Å²) in [5.41, 5.74) is 2.38. The molecule has 0 aliphatic heterocycles. The Kier molecular flexibility index (Phi) is 6.98. The van der Waals surface area contributed by atoms with Gasteiger partial charge < -0.3 is 9.72 Å². The fraction of sp³-hybridized carbons (Fsp3) is 0.250. The Morgan fingerprint density at radius 1 is 0.931 bits per heavy atom. The van der Waals surface area contributed by atoms with Crippen molar-refractivity contribution in [3.63, 3.8) is 0 Å². The van der Waals surface area contributed by atoms with Crippen LogP contribution in [-0.4, -0.2) is 16.6 Å². The van der Waals surface area contributed by atoms with Crippen molar-refractivity contribution in [2.75, 3.05) is 6.61 Å². The Morgan fingerprint density at radius 3 is 2.24 bits per heavy atom. The molecule has 1 aromatic heterocycles. The first-order valence-corrected chi connectivity index (χ1v) is 9.78. The standard InChI is InChI=1S/C24H26N2O3/c1-17(2)21-22(25-24(28)26-23(21)27)20(16-19-12-7-4-8-13-19)29-15-9-14-18-10-5-3-6-11-18/h3-14,17,20H,15-16H2,1-2H3,(H2,25,26,27,28)/b14-9+. The van der Waals surface area contributed by atoms with Crippen LogP contribution in [0.1, 0.15) is 48.3 Å². The zero-order valence-corrected chi connectivity index (χ0v) is 16.7.